The zero-order chi connectivity index (χ0) is 17.9. The highest BCUT2D eigenvalue weighted by Crippen LogP contribution is 2.38. The van der Waals surface area contributed by atoms with Gasteiger partial charge in [0, 0.05) is 25.4 Å². The largest absolute Gasteiger partial charge is 0.309 e. The summed E-state index contributed by atoms with van der Waals surface area (Å²) in [7, 11) is 0. The third-order valence-corrected chi connectivity index (χ3v) is 5.65. The van der Waals surface area contributed by atoms with Crippen molar-refractivity contribution in [2.75, 3.05) is 0 Å². The Kier molecular flexibility index (Phi) is 4.04. The van der Waals surface area contributed by atoms with Crippen LogP contribution in [0.5, 0.6) is 0 Å². The second-order valence-corrected chi connectivity index (χ2v) is 8.75. The van der Waals surface area contributed by atoms with Gasteiger partial charge in [-0.3, -0.25) is 0 Å². The molecule has 0 saturated heterocycles. The Balaban J connectivity index is 2.29. The molecule has 0 fully saturated rings. The maximum atomic E-state index is 3.64. The molecule has 1 aromatic heterocycles. The highest BCUT2D eigenvalue weighted by molar-refractivity contribution is 9.11. The van der Waals surface area contributed by atoms with Gasteiger partial charge in [0.25, 0.3) is 0 Å². The number of hydrogen-bond acceptors (Lipinski definition) is 0. The third kappa shape index (κ3) is 2.74. The summed E-state index contributed by atoms with van der Waals surface area (Å²) in [5.74, 6) is 0. The normalized spacial score (nSPS) is 11.6. The van der Waals surface area contributed by atoms with Crippen molar-refractivity contribution in [3.05, 3.63) is 73.7 Å². The van der Waals surface area contributed by atoms with Crippen molar-refractivity contribution in [2.24, 2.45) is 0 Å². The summed E-state index contributed by atoms with van der Waals surface area (Å²) in [4.78, 5) is 0. The Morgan fingerprint density at radius 2 is 1.04 bits per heavy atom. The van der Waals surface area contributed by atoms with Gasteiger partial charge >= 0.3 is 0 Å². The summed E-state index contributed by atoms with van der Waals surface area (Å²) >= 11 is 7.29. The van der Waals surface area contributed by atoms with Crippen molar-refractivity contribution in [1.82, 2.24) is 4.57 Å². The quantitative estimate of drug-likeness (QED) is 0.278. The summed E-state index contributed by atoms with van der Waals surface area (Å²) in [5, 5.41) is 2.66. The van der Waals surface area contributed by atoms with E-state index < -0.39 is 0 Å². The third-order valence-electron chi connectivity index (χ3n) is 4.73. The van der Waals surface area contributed by atoms with Gasteiger partial charge < -0.3 is 4.57 Å². The molecule has 25 heavy (non-hydrogen) atoms. The second-order valence-electron chi connectivity index (χ2n) is 6.92. The highest BCUT2D eigenvalue weighted by atomic mass is 79.9. The summed E-state index contributed by atoms with van der Waals surface area (Å²) in [6, 6.07) is 15.6. The minimum absolute atomic E-state index is 1.07. The Labute approximate surface area is 164 Å². The first-order valence-corrected chi connectivity index (χ1v) is 9.93. The van der Waals surface area contributed by atoms with Crippen molar-refractivity contribution < 1.29 is 0 Å². The molecule has 4 aromatic rings. The van der Waals surface area contributed by atoms with Crippen LogP contribution in [0, 0.1) is 27.7 Å². The smallest absolute Gasteiger partial charge is 0.0570 e. The molecule has 0 spiro atoms. The lowest BCUT2D eigenvalue weighted by atomic mass is 10.0. The maximum absolute atomic E-state index is 3.64. The van der Waals surface area contributed by atoms with Crippen LogP contribution in [0.3, 0.4) is 0 Å². The Bertz CT molecular complexity index is 1070. The molecule has 0 aliphatic rings. The number of aryl methyl sites for hydroxylation is 4. The molecule has 126 valence electrons. The van der Waals surface area contributed by atoms with Gasteiger partial charge in [-0.1, -0.05) is 55.1 Å². The first kappa shape index (κ1) is 16.9. The molecular weight excluding hydrogens is 438 g/mol. The van der Waals surface area contributed by atoms with E-state index in [1.165, 1.54) is 49.7 Å². The molecule has 0 saturated carbocycles. The lowest BCUT2D eigenvalue weighted by Crippen LogP contribution is -1.97. The van der Waals surface area contributed by atoms with Gasteiger partial charge in [0.2, 0.25) is 0 Å². The Morgan fingerprint density at radius 3 is 1.48 bits per heavy atom. The average Bonchev–Trinajstić information content (AvgIpc) is 2.81. The molecule has 0 unspecified atom stereocenters. The van der Waals surface area contributed by atoms with Crippen LogP contribution >= 0.6 is 31.9 Å². The zero-order valence-corrected chi connectivity index (χ0v) is 17.9. The average molecular weight is 457 g/mol. The number of hydrogen-bond donors (Lipinski definition) is 0. The van der Waals surface area contributed by atoms with Gasteiger partial charge in [0.05, 0.1) is 11.0 Å². The Morgan fingerprint density at radius 1 is 0.600 bits per heavy atom. The van der Waals surface area contributed by atoms with Crippen LogP contribution in [0.1, 0.15) is 22.3 Å². The van der Waals surface area contributed by atoms with E-state index in [4.69, 9.17) is 0 Å². The first-order chi connectivity index (χ1) is 11.8. The predicted octanol–water partition coefficient (Wildman–Crippen LogP) is 7.54. The van der Waals surface area contributed by atoms with Crippen LogP contribution in [-0.4, -0.2) is 4.57 Å². The van der Waals surface area contributed by atoms with Crippen molar-refractivity contribution in [3.63, 3.8) is 0 Å². The monoisotopic (exact) mass is 455 g/mol. The van der Waals surface area contributed by atoms with Gasteiger partial charge in [-0.2, -0.15) is 0 Å². The molecule has 1 heterocycles. The predicted molar refractivity (Wildman–Crippen MR) is 115 cm³/mol. The van der Waals surface area contributed by atoms with E-state index in [1.807, 2.05) is 0 Å². The SMILES string of the molecule is Cc1cc(C)c2c(c1)c1cc(C)cc(C)c1n2-c1cc(Br)cc(Br)c1. The van der Waals surface area contributed by atoms with Gasteiger partial charge in [0.1, 0.15) is 0 Å². The van der Waals surface area contributed by atoms with Gasteiger partial charge in [-0.25, -0.2) is 0 Å². The standard InChI is InChI=1S/C22H19Br2N/c1-12-5-14(3)21-19(7-12)20-8-13(2)6-15(4)22(20)25(21)18-10-16(23)9-17(24)11-18/h5-11H,1-4H3. The molecule has 3 aromatic carbocycles. The van der Waals surface area contributed by atoms with Crippen LogP contribution < -0.4 is 0 Å². The van der Waals surface area contributed by atoms with E-state index in [0.717, 1.165) is 8.95 Å². The van der Waals surface area contributed by atoms with E-state index in [2.05, 4.69) is 107 Å². The lowest BCUT2D eigenvalue weighted by molar-refractivity contribution is 1.15. The number of halogens is 2. The molecule has 3 heteroatoms. The molecule has 0 bridgehead atoms. The van der Waals surface area contributed by atoms with E-state index in [0.29, 0.717) is 0 Å². The molecule has 1 nitrogen and oxygen atoms in total. The molecule has 0 atom stereocenters. The molecule has 4 rings (SSSR count). The molecule has 0 radical (unpaired) electrons. The van der Waals surface area contributed by atoms with Crippen molar-refractivity contribution in [1.29, 1.82) is 0 Å². The number of fused-ring (bicyclic) bond motifs is 3. The maximum Gasteiger partial charge on any atom is 0.0570 e. The molecule has 0 amide bonds. The fraction of sp³-hybridized carbons (Fsp3) is 0.182. The summed E-state index contributed by atoms with van der Waals surface area (Å²) in [6.45, 7) is 8.77. The van der Waals surface area contributed by atoms with Crippen LogP contribution in [0.4, 0.5) is 0 Å². The fourth-order valence-corrected chi connectivity index (χ4v) is 5.23. The van der Waals surface area contributed by atoms with E-state index in [9.17, 15) is 0 Å². The number of benzene rings is 3. The molecule has 0 aliphatic carbocycles. The number of nitrogens with zero attached hydrogens (tertiary/aromatic N) is 1. The van der Waals surface area contributed by atoms with Crippen LogP contribution in [0.2, 0.25) is 0 Å². The van der Waals surface area contributed by atoms with E-state index in [-0.39, 0.29) is 0 Å². The van der Waals surface area contributed by atoms with E-state index >= 15 is 0 Å². The number of aromatic nitrogens is 1. The zero-order valence-electron chi connectivity index (χ0n) is 14.7. The van der Waals surface area contributed by atoms with Crippen LogP contribution in [0.15, 0.2) is 51.4 Å². The lowest BCUT2D eigenvalue weighted by Gasteiger charge is -2.12. The minimum Gasteiger partial charge on any atom is -0.309 e. The number of rotatable bonds is 1. The van der Waals surface area contributed by atoms with Crippen LogP contribution in [-0.2, 0) is 0 Å². The highest BCUT2D eigenvalue weighted by Gasteiger charge is 2.17. The first-order valence-electron chi connectivity index (χ1n) is 8.34. The summed E-state index contributed by atoms with van der Waals surface area (Å²) in [6.07, 6.45) is 0. The van der Waals surface area contributed by atoms with Crippen molar-refractivity contribution in [2.45, 2.75) is 27.7 Å². The second kappa shape index (κ2) is 6.00. The minimum atomic E-state index is 1.07. The van der Waals surface area contributed by atoms with E-state index in [1.54, 1.807) is 0 Å². The molecular formula is C22H19Br2N. The molecule has 0 N–H and O–H groups in total. The topological polar surface area (TPSA) is 4.93 Å². The Hall–Kier alpha value is -1.58. The summed E-state index contributed by atoms with van der Waals surface area (Å²) in [5.41, 5.74) is 8.97. The molecule has 0 aliphatic heterocycles. The van der Waals surface area contributed by atoms with Crippen molar-refractivity contribution in [3.8, 4) is 5.69 Å². The van der Waals surface area contributed by atoms with Gasteiger partial charge in [-0.15, -0.1) is 0 Å². The van der Waals surface area contributed by atoms with Crippen LogP contribution in [0.25, 0.3) is 27.5 Å². The van der Waals surface area contributed by atoms with Gasteiger partial charge in [0.15, 0.2) is 0 Å². The van der Waals surface area contributed by atoms with Gasteiger partial charge in [-0.05, 0) is 69.2 Å². The fourth-order valence-electron chi connectivity index (χ4n) is 3.96. The van der Waals surface area contributed by atoms with Crippen molar-refractivity contribution >= 4 is 53.7 Å². The summed E-state index contributed by atoms with van der Waals surface area (Å²) < 4.78 is 4.55.